The Hall–Kier alpha value is -6.58. The molecule has 0 saturated carbocycles. The number of hydrogen-bond donors (Lipinski definition) is 2. The molecular weight excluding hydrogens is 893 g/mol. The van der Waals surface area contributed by atoms with E-state index in [1.54, 1.807) is 20.9 Å². The maximum Gasteiger partial charge on any atom is 0.147 e. The van der Waals surface area contributed by atoms with Gasteiger partial charge >= 0.3 is 0 Å². The van der Waals surface area contributed by atoms with Crippen molar-refractivity contribution >= 4 is 33.4 Å². The van der Waals surface area contributed by atoms with E-state index in [0.29, 0.717) is 11.4 Å². The van der Waals surface area contributed by atoms with Crippen LogP contribution in [0.2, 0.25) is 0 Å². The lowest BCUT2D eigenvalue weighted by atomic mass is 9.70. The third kappa shape index (κ3) is 9.78. The maximum atomic E-state index is 12.2. The van der Waals surface area contributed by atoms with Crippen LogP contribution in [0.1, 0.15) is 143 Å². The molecule has 0 spiro atoms. The second-order valence-corrected chi connectivity index (χ2v) is 25.6. The van der Waals surface area contributed by atoms with Crippen LogP contribution in [-0.2, 0) is 21.7 Å². The third-order valence-corrected chi connectivity index (χ3v) is 15.6. The Morgan fingerprint density at radius 2 is 0.746 bits per heavy atom. The Morgan fingerprint density at radius 1 is 0.394 bits per heavy atom. The summed E-state index contributed by atoms with van der Waals surface area (Å²) < 4.78 is 0. The van der Waals surface area contributed by atoms with Crippen LogP contribution in [0, 0.1) is 10.8 Å². The minimum Gasteiger partial charge on any atom is -0.505 e. The average Bonchev–Trinajstić information content (AvgIpc) is 4.06. The van der Waals surface area contributed by atoms with Gasteiger partial charge in [-0.25, -0.2) is 0 Å². The van der Waals surface area contributed by atoms with E-state index >= 15 is 0 Å². The Balaban J connectivity index is 1.05. The molecule has 8 nitrogen and oxygen atoms in total. The maximum absolute atomic E-state index is 12.2. The standard InChI is InChI=1S/C62H70N6O2S/c1-57(2,3)37-59(7,8)43-33-45(61(11,12)41-21-17-15-18-22-41)55(69)51(35-43)67-63-47-27-25-39(31-49(47)65-67)53-29-30-54(71-53)40-26-28-48-50(32-40)66-68(64-48)52-36-44(60(9,10)38-58(4,5)6)34-46(56(52)70)62(13,14)42-23-19-16-20-24-42/h15-36,69-70H,37-38H2,1-14H3. The van der Waals surface area contributed by atoms with E-state index in [2.05, 4.69) is 206 Å². The van der Waals surface area contributed by atoms with Gasteiger partial charge in [0.05, 0.1) is 0 Å². The molecule has 0 atom stereocenters. The highest BCUT2D eigenvalue weighted by molar-refractivity contribution is 7.18. The number of rotatable bonds is 12. The highest BCUT2D eigenvalue weighted by atomic mass is 32.1. The van der Waals surface area contributed by atoms with Crippen molar-refractivity contribution in [1.29, 1.82) is 0 Å². The molecule has 9 heteroatoms. The van der Waals surface area contributed by atoms with Gasteiger partial charge in [0.25, 0.3) is 0 Å². The summed E-state index contributed by atoms with van der Waals surface area (Å²) in [5, 5.41) is 44.4. The largest absolute Gasteiger partial charge is 0.505 e. The molecule has 2 N–H and O–H groups in total. The number of phenols is 2. The first-order valence-corrected chi connectivity index (χ1v) is 25.7. The van der Waals surface area contributed by atoms with Crippen LogP contribution in [0.5, 0.6) is 11.5 Å². The van der Waals surface area contributed by atoms with Gasteiger partial charge < -0.3 is 10.2 Å². The fourth-order valence-electron chi connectivity index (χ4n) is 11.2. The molecule has 0 fully saturated rings. The first-order valence-electron chi connectivity index (χ1n) is 24.9. The van der Waals surface area contributed by atoms with Crippen LogP contribution in [-0.4, -0.2) is 40.2 Å². The molecule has 0 radical (unpaired) electrons. The SMILES string of the molecule is CC(C)(C)CC(C)(C)c1cc(-n2nc3ccc(-c4ccc(-c5ccc6nn(-c7cc(C(C)(C)CC(C)(C)C)cc(C(C)(C)c8ccccc8)c7O)nc6c5)s4)cc3n2)c(O)c(C(C)(C)c2ccccc2)c1. The van der Waals surface area contributed by atoms with Crippen molar-refractivity contribution < 1.29 is 10.2 Å². The molecule has 0 saturated heterocycles. The van der Waals surface area contributed by atoms with Crippen molar-refractivity contribution in [2.24, 2.45) is 10.8 Å². The lowest BCUT2D eigenvalue weighted by Crippen LogP contribution is -2.27. The first-order chi connectivity index (χ1) is 33.2. The molecule has 0 aliphatic carbocycles. The number of thiophene rings is 1. The predicted octanol–water partition coefficient (Wildman–Crippen LogP) is 16.0. The lowest BCUT2D eigenvalue weighted by Gasteiger charge is -2.35. The predicted molar refractivity (Wildman–Crippen MR) is 295 cm³/mol. The average molecular weight is 963 g/mol. The zero-order valence-corrected chi connectivity index (χ0v) is 44.9. The second-order valence-electron chi connectivity index (χ2n) is 24.6. The van der Waals surface area contributed by atoms with E-state index in [4.69, 9.17) is 20.4 Å². The zero-order valence-electron chi connectivity index (χ0n) is 44.1. The fraction of sp³-hybridized carbons (Fsp3) is 0.355. The van der Waals surface area contributed by atoms with Gasteiger partial charge in [0.2, 0.25) is 0 Å². The third-order valence-electron chi connectivity index (χ3n) is 14.4. The summed E-state index contributed by atoms with van der Waals surface area (Å²) >= 11 is 1.70. The number of hydrogen-bond acceptors (Lipinski definition) is 7. The second kappa shape index (κ2) is 17.6. The Bertz CT molecular complexity index is 3190. The minimum atomic E-state index is -0.492. The number of aromatic hydroxyl groups is 2. The number of nitrogens with zero attached hydrogens (tertiary/aromatic N) is 6. The summed E-state index contributed by atoms with van der Waals surface area (Å²) in [5.74, 6) is 0.355. The molecule has 0 aliphatic rings. The highest BCUT2D eigenvalue weighted by Crippen LogP contribution is 2.47. The van der Waals surface area contributed by atoms with Crippen LogP contribution >= 0.6 is 11.3 Å². The lowest BCUT2D eigenvalue weighted by molar-refractivity contribution is 0.283. The molecule has 0 amide bonds. The van der Waals surface area contributed by atoms with Crippen LogP contribution < -0.4 is 0 Å². The summed E-state index contributed by atoms with van der Waals surface area (Å²) in [5.41, 5.74) is 11.1. The summed E-state index contributed by atoms with van der Waals surface area (Å²) in [4.78, 5) is 5.41. The van der Waals surface area contributed by atoms with Crippen molar-refractivity contribution in [1.82, 2.24) is 30.0 Å². The molecule has 0 bridgehead atoms. The molecule has 3 aromatic heterocycles. The van der Waals surface area contributed by atoms with Gasteiger partial charge in [-0.3, -0.25) is 0 Å². The van der Waals surface area contributed by atoms with Crippen molar-refractivity contribution in [2.45, 2.75) is 131 Å². The number of benzene rings is 6. The van der Waals surface area contributed by atoms with Crippen molar-refractivity contribution in [3.05, 3.63) is 167 Å². The quantitative estimate of drug-likeness (QED) is 0.126. The Labute approximate surface area is 424 Å². The molecule has 71 heavy (non-hydrogen) atoms. The van der Waals surface area contributed by atoms with E-state index in [-0.39, 0.29) is 33.2 Å². The smallest absolute Gasteiger partial charge is 0.147 e. The highest BCUT2D eigenvalue weighted by Gasteiger charge is 2.36. The normalized spacial score (nSPS) is 13.2. The first kappa shape index (κ1) is 49.4. The van der Waals surface area contributed by atoms with Crippen LogP contribution in [0.4, 0.5) is 0 Å². The molecule has 0 unspecified atom stereocenters. The monoisotopic (exact) mass is 963 g/mol. The molecule has 0 aliphatic heterocycles. The number of fused-ring (bicyclic) bond motifs is 2. The molecule has 366 valence electrons. The summed E-state index contributed by atoms with van der Waals surface area (Å²) in [6.45, 7) is 31.5. The van der Waals surface area contributed by atoms with Gasteiger partial charge in [-0.2, -0.15) is 0 Å². The Kier molecular flexibility index (Phi) is 12.3. The van der Waals surface area contributed by atoms with Crippen LogP contribution in [0.25, 0.3) is 54.3 Å². The zero-order chi connectivity index (χ0) is 51.1. The van der Waals surface area contributed by atoms with Crippen molar-refractivity contribution in [2.75, 3.05) is 0 Å². The van der Waals surface area contributed by atoms with E-state index in [1.165, 1.54) is 0 Å². The topological polar surface area (TPSA) is 102 Å². The molecule has 9 rings (SSSR count). The van der Waals surface area contributed by atoms with E-state index in [0.717, 1.165) is 89.2 Å². The van der Waals surface area contributed by atoms with Gasteiger partial charge in [-0.05, 0) is 116 Å². The van der Waals surface area contributed by atoms with Crippen LogP contribution in [0.15, 0.2) is 133 Å². The fourth-order valence-corrected chi connectivity index (χ4v) is 12.2. The molecular formula is C62H70N6O2S. The molecule has 9 aromatic rings. The van der Waals surface area contributed by atoms with Gasteiger partial charge in [-0.15, -0.1) is 41.3 Å². The number of phenolic OH excluding ortho intramolecular Hbond substituents is 2. The van der Waals surface area contributed by atoms with Gasteiger partial charge in [0, 0.05) is 31.7 Å². The summed E-state index contributed by atoms with van der Waals surface area (Å²) in [7, 11) is 0. The van der Waals surface area contributed by atoms with Crippen molar-refractivity contribution in [3.8, 4) is 43.8 Å². The van der Waals surface area contributed by atoms with E-state index in [9.17, 15) is 10.2 Å². The molecule has 3 heterocycles. The van der Waals surface area contributed by atoms with Gasteiger partial charge in [0.1, 0.15) is 44.9 Å². The van der Waals surface area contributed by atoms with Gasteiger partial charge in [0.15, 0.2) is 0 Å². The van der Waals surface area contributed by atoms with E-state index < -0.39 is 10.8 Å². The van der Waals surface area contributed by atoms with Crippen LogP contribution in [0.3, 0.4) is 0 Å². The van der Waals surface area contributed by atoms with E-state index in [1.807, 2.05) is 24.3 Å². The van der Waals surface area contributed by atoms with Crippen molar-refractivity contribution in [3.63, 3.8) is 0 Å². The Morgan fingerprint density at radius 3 is 1.10 bits per heavy atom. The summed E-state index contributed by atoms with van der Waals surface area (Å²) in [6.07, 6.45) is 1.91. The molecule has 6 aromatic carbocycles. The number of aromatic nitrogens is 6. The minimum absolute atomic E-state index is 0.0907. The van der Waals surface area contributed by atoms with Gasteiger partial charge in [-0.1, -0.05) is 182 Å². The summed E-state index contributed by atoms with van der Waals surface area (Å²) in [6, 6.07) is 45.9.